The van der Waals surface area contributed by atoms with Crippen LogP contribution in [0.5, 0.6) is 5.75 Å². The number of carboxylic acid groups (broad SMARTS) is 1. The number of aryl methyl sites for hydroxylation is 1. The van der Waals surface area contributed by atoms with E-state index in [2.05, 4.69) is 0 Å². The van der Waals surface area contributed by atoms with E-state index in [0.717, 1.165) is 16.5 Å². The van der Waals surface area contributed by atoms with E-state index in [0.29, 0.717) is 12.2 Å². The van der Waals surface area contributed by atoms with Gasteiger partial charge in [-0.1, -0.05) is 0 Å². The molecule has 1 aromatic heterocycles. The number of benzene rings is 1. The largest absolute Gasteiger partial charge is 0.496 e. The maximum Gasteiger partial charge on any atom is 0.303 e. The van der Waals surface area contributed by atoms with Crippen LogP contribution in [0.4, 0.5) is 0 Å². The van der Waals surface area contributed by atoms with Crippen molar-refractivity contribution < 1.29 is 19.1 Å². The topological polar surface area (TPSA) is 59.7 Å². The second-order valence-electron chi connectivity index (χ2n) is 3.52. The fraction of sp³-hybridized carbons (Fsp3) is 0.250. The summed E-state index contributed by atoms with van der Waals surface area (Å²) in [6, 6.07) is 5.53. The van der Waals surface area contributed by atoms with E-state index in [9.17, 15) is 4.79 Å². The highest BCUT2D eigenvalue weighted by Gasteiger charge is 2.09. The molecule has 0 saturated carbocycles. The van der Waals surface area contributed by atoms with Crippen LogP contribution >= 0.6 is 0 Å². The summed E-state index contributed by atoms with van der Waals surface area (Å²) in [6.45, 7) is 0. The molecule has 84 valence electrons. The summed E-state index contributed by atoms with van der Waals surface area (Å²) in [7, 11) is 1.56. The molecular weight excluding hydrogens is 208 g/mol. The number of hydrogen-bond donors (Lipinski definition) is 1. The van der Waals surface area contributed by atoms with Gasteiger partial charge in [-0.15, -0.1) is 0 Å². The van der Waals surface area contributed by atoms with Crippen LogP contribution in [0.15, 0.2) is 28.9 Å². The van der Waals surface area contributed by atoms with Gasteiger partial charge in [0.1, 0.15) is 11.3 Å². The molecule has 0 saturated heterocycles. The molecule has 0 bridgehead atoms. The summed E-state index contributed by atoms with van der Waals surface area (Å²) >= 11 is 0. The number of furan rings is 1. The van der Waals surface area contributed by atoms with Gasteiger partial charge in [-0.3, -0.25) is 4.79 Å². The van der Waals surface area contributed by atoms with Crippen LogP contribution in [-0.4, -0.2) is 18.2 Å². The maximum absolute atomic E-state index is 10.5. The lowest BCUT2D eigenvalue weighted by atomic mass is 10.1. The zero-order valence-electron chi connectivity index (χ0n) is 8.90. The molecule has 16 heavy (non-hydrogen) atoms. The molecule has 0 aliphatic rings. The summed E-state index contributed by atoms with van der Waals surface area (Å²) in [5.41, 5.74) is 1.63. The number of ether oxygens (including phenoxy) is 1. The summed E-state index contributed by atoms with van der Waals surface area (Å²) < 4.78 is 10.4. The predicted octanol–water partition coefficient (Wildman–Crippen LogP) is 2.46. The first-order valence-corrected chi connectivity index (χ1v) is 4.96. The average molecular weight is 220 g/mol. The third kappa shape index (κ3) is 2.00. The van der Waals surface area contributed by atoms with Crippen molar-refractivity contribution in [1.82, 2.24) is 0 Å². The van der Waals surface area contributed by atoms with Gasteiger partial charge in [-0.2, -0.15) is 0 Å². The second-order valence-corrected chi connectivity index (χ2v) is 3.52. The molecule has 1 aromatic carbocycles. The summed E-state index contributed by atoms with van der Waals surface area (Å²) in [5.74, 6) is -0.141. The van der Waals surface area contributed by atoms with Crippen LogP contribution in [-0.2, 0) is 11.2 Å². The smallest absolute Gasteiger partial charge is 0.303 e. The van der Waals surface area contributed by atoms with Gasteiger partial charge in [0, 0.05) is 17.9 Å². The van der Waals surface area contributed by atoms with Gasteiger partial charge in [0.25, 0.3) is 0 Å². The van der Waals surface area contributed by atoms with Crippen molar-refractivity contribution in [1.29, 1.82) is 0 Å². The SMILES string of the molecule is COc1cc2occc2cc1CCC(=O)O. The number of rotatable bonds is 4. The van der Waals surface area contributed by atoms with Crippen molar-refractivity contribution in [2.24, 2.45) is 0 Å². The van der Waals surface area contributed by atoms with E-state index in [-0.39, 0.29) is 6.42 Å². The molecule has 2 aromatic rings. The lowest BCUT2D eigenvalue weighted by molar-refractivity contribution is -0.136. The molecule has 1 N–H and O–H groups in total. The molecule has 0 unspecified atom stereocenters. The first-order valence-electron chi connectivity index (χ1n) is 4.96. The zero-order chi connectivity index (χ0) is 11.5. The quantitative estimate of drug-likeness (QED) is 0.859. The molecule has 0 atom stereocenters. The lowest BCUT2D eigenvalue weighted by Gasteiger charge is -2.07. The molecular formula is C12H12O4. The van der Waals surface area contributed by atoms with Crippen LogP contribution in [0.3, 0.4) is 0 Å². The first-order chi connectivity index (χ1) is 7.70. The highest BCUT2D eigenvalue weighted by Crippen LogP contribution is 2.27. The molecule has 1 heterocycles. The first kappa shape index (κ1) is 10.5. The van der Waals surface area contributed by atoms with Crippen molar-refractivity contribution in [2.75, 3.05) is 7.11 Å². The van der Waals surface area contributed by atoms with E-state index in [1.807, 2.05) is 12.1 Å². The molecule has 2 rings (SSSR count). The second kappa shape index (κ2) is 4.26. The Bertz CT molecular complexity index is 513. The minimum absolute atomic E-state index is 0.0969. The third-order valence-corrected chi connectivity index (χ3v) is 2.46. The normalized spacial score (nSPS) is 10.6. The minimum Gasteiger partial charge on any atom is -0.496 e. The molecule has 0 spiro atoms. The predicted molar refractivity (Wildman–Crippen MR) is 58.7 cm³/mol. The van der Waals surface area contributed by atoms with E-state index < -0.39 is 5.97 Å². The number of methoxy groups -OCH3 is 1. The molecule has 4 nitrogen and oxygen atoms in total. The molecule has 0 fully saturated rings. The van der Waals surface area contributed by atoms with Gasteiger partial charge in [-0.05, 0) is 24.1 Å². The van der Waals surface area contributed by atoms with E-state index in [4.69, 9.17) is 14.3 Å². The molecule has 0 aliphatic heterocycles. The van der Waals surface area contributed by atoms with E-state index in [1.54, 1.807) is 19.4 Å². The number of carbonyl (C=O) groups is 1. The number of hydrogen-bond acceptors (Lipinski definition) is 3. The summed E-state index contributed by atoms with van der Waals surface area (Å²) in [5, 5.41) is 9.61. The molecule has 0 aliphatic carbocycles. The highest BCUT2D eigenvalue weighted by molar-refractivity contribution is 5.80. The number of carboxylic acids is 1. The fourth-order valence-corrected chi connectivity index (χ4v) is 1.66. The average Bonchev–Trinajstić information content (AvgIpc) is 2.71. The molecule has 4 heteroatoms. The van der Waals surface area contributed by atoms with E-state index >= 15 is 0 Å². The van der Waals surface area contributed by atoms with Crippen molar-refractivity contribution in [3.8, 4) is 5.75 Å². The maximum atomic E-state index is 10.5. The van der Waals surface area contributed by atoms with Gasteiger partial charge in [-0.25, -0.2) is 0 Å². The Balaban J connectivity index is 2.36. The van der Waals surface area contributed by atoms with E-state index in [1.165, 1.54) is 0 Å². The Morgan fingerprint density at radius 3 is 3.00 bits per heavy atom. The highest BCUT2D eigenvalue weighted by atomic mass is 16.5. The van der Waals surface area contributed by atoms with Crippen LogP contribution < -0.4 is 4.74 Å². The fourth-order valence-electron chi connectivity index (χ4n) is 1.66. The molecule has 0 amide bonds. The lowest BCUT2D eigenvalue weighted by Crippen LogP contribution is -1.99. The van der Waals surface area contributed by atoms with Crippen LogP contribution in [0.25, 0.3) is 11.0 Å². The van der Waals surface area contributed by atoms with Crippen molar-refractivity contribution in [2.45, 2.75) is 12.8 Å². The van der Waals surface area contributed by atoms with Crippen LogP contribution in [0, 0.1) is 0 Å². The van der Waals surface area contributed by atoms with Gasteiger partial charge in [0.05, 0.1) is 13.4 Å². The third-order valence-electron chi connectivity index (χ3n) is 2.46. The van der Waals surface area contributed by atoms with Gasteiger partial charge >= 0.3 is 5.97 Å². The van der Waals surface area contributed by atoms with Gasteiger partial charge < -0.3 is 14.3 Å². The standard InChI is InChI=1S/C12H12O4/c1-15-10-7-11-9(4-5-16-11)6-8(10)2-3-12(13)14/h4-7H,2-3H2,1H3,(H,13,14). The van der Waals surface area contributed by atoms with Crippen molar-refractivity contribution in [3.05, 3.63) is 30.0 Å². The Kier molecular flexibility index (Phi) is 2.81. The Labute approximate surface area is 92.4 Å². The Morgan fingerprint density at radius 1 is 1.50 bits per heavy atom. The minimum atomic E-state index is -0.811. The number of aliphatic carboxylic acids is 1. The monoisotopic (exact) mass is 220 g/mol. The van der Waals surface area contributed by atoms with Crippen LogP contribution in [0.2, 0.25) is 0 Å². The Hall–Kier alpha value is -1.97. The van der Waals surface area contributed by atoms with Crippen molar-refractivity contribution in [3.63, 3.8) is 0 Å². The zero-order valence-corrected chi connectivity index (χ0v) is 8.90. The molecule has 0 radical (unpaired) electrons. The van der Waals surface area contributed by atoms with Gasteiger partial charge in [0.15, 0.2) is 0 Å². The Morgan fingerprint density at radius 2 is 2.31 bits per heavy atom. The summed E-state index contributed by atoms with van der Waals surface area (Å²) in [4.78, 5) is 10.5. The number of fused-ring (bicyclic) bond motifs is 1. The summed E-state index contributed by atoms with van der Waals surface area (Å²) in [6.07, 6.45) is 2.16. The van der Waals surface area contributed by atoms with Crippen molar-refractivity contribution >= 4 is 16.9 Å². The van der Waals surface area contributed by atoms with Crippen LogP contribution in [0.1, 0.15) is 12.0 Å². The van der Waals surface area contributed by atoms with Gasteiger partial charge in [0.2, 0.25) is 0 Å².